The van der Waals surface area contributed by atoms with Crippen LogP contribution in [0.15, 0.2) is 60.7 Å². The van der Waals surface area contributed by atoms with Crippen LogP contribution < -0.4 is 44.6 Å². The maximum atomic E-state index is 12.1. The van der Waals surface area contributed by atoms with Crippen molar-refractivity contribution in [3.8, 4) is 17.2 Å². The van der Waals surface area contributed by atoms with E-state index in [1.54, 1.807) is 24.3 Å². The first-order valence-corrected chi connectivity index (χ1v) is 18.9. The Balaban J connectivity index is 0.000000859. The zero-order chi connectivity index (χ0) is 49.3. The molecule has 3 amide bonds. The molecular weight excluding hydrogens is 853 g/mol. The molecule has 0 aliphatic heterocycles. The van der Waals surface area contributed by atoms with Crippen molar-refractivity contribution in [3.63, 3.8) is 0 Å². The summed E-state index contributed by atoms with van der Waals surface area (Å²) < 4.78 is 0. The summed E-state index contributed by atoms with van der Waals surface area (Å²) in [5.74, 6) is -3.83. The summed E-state index contributed by atoms with van der Waals surface area (Å²) >= 11 is 0. The number of phenols is 3. The van der Waals surface area contributed by atoms with E-state index in [2.05, 4.69) is 16.0 Å². The number of benzene rings is 4. The highest BCUT2D eigenvalue weighted by molar-refractivity contribution is 6.05. The van der Waals surface area contributed by atoms with Crippen LogP contribution in [0.4, 0.5) is 0 Å². The van der Waals surface area contributed by atoms with E-state index in [1.165, 1.54) is 36.4 Å². The van der Waals surface area contributed by atoms with Crippen LogP contribution in [-0.2, 0) is 0 Å². The molecule has 4 aromatic rings. The minimum Gasteiger partial charge on any atom is -0.506 e. The third-order valence-corrected chi connectivity index (χ3v) is 7.72. The number of carbonyl (C=O) groups excluding carboxylic acids is 11. The van der Waals surface area contributed by atoms with Gasteiger partial charge in [-0.2, -0.15) is 0 Å². The fourth-order valence-electron chi connectivity index (χ4n) is 4.62. The predicted molar refractivity (Wildman–Crippen MR) is 236 cm³/mol. The van der Waals surface area contributed by atoms with Gasteiger partial charge in [0.1, 0.15) is 36.1 Å². The summed E-state index contributed by atoms with van der Waals surface area (Å²) in [6.07, 6.45) is 3.35. The molecule has 4 aromatic carbocycles. The largest absolute Gasteiger partial charge is 0.506 e. The van der Waals surface area contributed by atoms with Crippen LogP contribution in [0.1, 0.15) is 114 Å². The molecule has 16 N–H and O–H groups in total. The number of amides is 3. The molecule has 0 aromatic heterocycles. The summed E-state index contributed by atoms with van der Waals surface area (Å²) in [7, 11) is 0. The Morgan fingerprint density at radius 1 is 0.400 bits per heavy atom. The van der Waals surface area contributed by atoms with Crippen molar-refractivity contribution < 1.29 is 68.1 Å². The molecule has 0 radical (unpaired) electrons. The van der Waals surface area contributed by atoms with Crippen molar-refractivity contribution in [2.45, 2.75) is 0 Å². The highest BCUT2D eigenvalue weighted by Gasteiger charge is 2.22. The lowest BCUT2D eigenvalue weighted by Crippen LogP contribution is -2.32. The van der Waals surface area contributed by atoms with Gasteiger partial charge in [0.05, 0.1) is 16.7 Å². The van der Waals surface area contributed by atoms with Gasteiger partial charge in [-0.15, -0.1) is 0 Å². The molecule has 0 unspecified atom stereocenters. The maximum absolute atomic E-state index is 12.1. The highest BCUT2D eigenvalue weighted by atomic mass is 16.3. The Morgan fingerprint density at radius 3 is 0.846 bits per heavy atom. The van der Waals surface area contributed by atoms with Crippen molar-refractivity contribution >= 4 is 68.0 Å². The Morgan fingerprint density at radius 2 is 0.662 bits per heavy atom. The molecule has 346 valence electrons. The molecule has 0 fully saturated rings. The first-order chi connectivity index (χ1) is 31.2. The highest BCUT2D eigenvalue weighted by Crippen LogP contribution is 2.39. The van der Waals surface area contributed by atoms with Gasteiger partial charge >= 0.3 is 0 Å². The Labute approximate surface area is 371 Å². The molecule has 22 nitrogen and oxygen atoms in total. The molecule has 0 atom stereocenters. The topological polar surface area (TPSA) is 415 Å². The molecule has 0 saturated carbocycles. The Hall–Kier alpha value is -8.15. The van der Waals surface area contributed by atoms with Gasteiger partial charge in [0.2, 0.25) is 0 Å². The van der Waals surface area contributed by atoms with Crippen molar-refractivity contribution in [3.05, 3.63) is 122 Å². The number of rotatable bonds is 18. The zero-order valence-corrected chi connectivity index (χ0v) is 34.8. The number of nitrogens with two attached hydrogens (primary N) is 5. The predicted octanol–water partition coefficient (Wildman–Crippen LogP) is -0.667. The molecule has 0 spiro atoms. The van der Waals surface area contributed by atoms with Crippen LogP contribution in [0.2, 0.25) is 0 Å². The van der Waals surface area contributed by atoms with Crippen LogP contribution in [0.25, 0.3) is 0 Å². The number of phenolic OH excluding ortho intramolecular Hbond substituents is 3. The van der Waals surface area contributed by atoms with Crippen LogP contribution >= 0.6 is 0 Å². The second kappa shape index (κ2) is 32.5. The summed E-state index contributed by atoms with van der Waals surface area (Å²) in [6.45, 7) is 2.91. The molecule has 0 aliphatic carbocycles. The molecular formula is C43H50N8O14. The number of hydrogen-bond acceptors (Lipinski definition) is 19. The van der Waals surface area contributed by atoms with E-state index in [9.17, 15) is 68.1 Å². The molecule has 0 aliphatic rings. The average Bonchev–Trinajstić information content (AvgIpc) is 3.34. The van der Waals surface area contributed by atoms with Gasteiger partial charge in [-0.05, 0) is 36.4 Å². The van der Waals surface area contributed by atoms with Gasteiger partial charge in [-0.3, -0.25) is 52.7 Å². The van der Waals surface area contributed by atoms with E-state index >= 15 is 0 Å². The normalized spacial score (nSPS) is 9.43. The summed E-state index contributed by atoms with van der Waals surface area (Å²) in [6, 6.07) is 15.2. The van der Waals surface area contributed by atoms with Crippen molar-refractivity contribution in [1.29, 1.82) is 0 Å². The number of hydrogen-bond donors (Lipinski definition) is 11. The summed E-state index contributed by atoms with van der Waals surface area (Å²) in [5, 5.41) is 35.6. The fourth-order valence-corrected chi connectivity index (χ4v) is 4.62. The third kappa shape index (κ3) is 19.2. The lowest BCUT2D eigenvalue weighted by atomic mass is 10.0. The SMILES string of the molecule is NCCN.NCCNC(=O)c1cc(C(=O)NCCN)cc(C(=O)NCCN)c1.O=Cc1c(O)c(C=O)c(O)c(C=O)c1O.O=Cc1cc(C=O)cc(C=O)c1.O=Cc1ccccc1C=O. The average molecular weight is 903 g/mol. The van der Waals surface area contributed by atoms with Crippen LogP contribution in [-0.4, -0.2) is 136 Å². The van der Waals surface area contributed by atoms with E-state index in [-0.39, 0.29) is 74.8 Å². The molecule has 0 heterocycles. The smallest absolute Gasteiger partial charge is 0.251 e. The number of aldehydes is 8. The number of aromatic hydroxyl groups is 3. The van der Waals surface area contributed by atoms with Gasteiger partial charge in [-0.25, -0.2) is 0 Å². The van der Waals surface area contributed by atoms with Crippen molar-refractivity contribution in [2.75, 3.05) is 52.4 Å². The van der Waals surface area contributed by atoms with Gasteiger partial charge < -0.3 is 59.9 Å². The maximum Gasteiger partial charge on any atom is 0.251 e. The Bertz CT molecular complexity index is 2010. The van der Waals surface area contributed by atoms with Gasteiger partial charge in [0, 0.05) is 96.9 Å². The van der Waals surface area contributed by atoms with E-state index in [0.717, 1.165) is 0 Å². The third-order valence-electron chi connectivity index (χ3n) is 7.72. The molecule has 0 saturated heterocycles. The molecule has 0 bridgehead atoms. The van der Waals surface area contributed by atoms with Crippen LogP contribution in [0.5, 0.6) is 17.2 Å². The van der Waals surface area contributed by atoms with E-state index in [1.807, 2.05) is 0 Å². The van der Waals surface area contributed by atoms with Gasteiger partial charge in [-0.1, -0.05) is 24.3 Å². The molecule has 22 heteroatoms. The van der Waals surface area contributed by atoms with E-state index < -0.39 is 51.7 Å². The summed E-state index contributed by atoms with van der Waals surface area (Å²) in [5.41, 5.74) is 26.5. The lowest BCUT2D eigenvalue weighted by Gasteiger charge is -2.11. The zero-order valence-electron chi connectivity index (χ0n) is 34.8. The standard InChI is InChI=1S/C15H24N6O3.C9H6O6.C9H6O3.C8H6O2.C2H8N2/c16-1-4-19-13(22)10-7-11(14(23)20-5-2-17)9-12(8-10)15(24)21-6-3-18;10-1-4-7(13)5(2-11)9(15)6(3-12)8(4)14;10-4-7-1-8(5-11)3-9(2-7)6-12;9-5-7-3-1-2-4-8(7)6-10;3-1-2-4/h7-9H,1-6,16-18H2,(H,19,22)(H,20,23)(H,21,24);1-3,13-15H;1-6H;1-6H;1-4H2. The van der Waals surface area contributed by atoms with Crippen molar-refractivity contribution in [1.82, 2.24) is 16.0 Å². The first kappa shape index (κ1) is 56.9. The van der Waals surface area contributed by atoms with Gasteiger partial charge in [0.25, 0.3) is 17.7 Å². The van der Waals surface area contributed by atoms with Gasteiger partial charge in [0.15, 0.2) is 31.4 Å². The Kier molecular flexibility index (Phi) is 28.5. The number of nitrogens with one attached hydrogen (secondary N) is 3. The second-order valence-corrected chi connectivity index (χ2v) is 12.3. The van der Waals surface area contributed by atoms with E-state index in [0.29, 0.717) is 72.3 Å². The minimum atomic E-state index is -0.861. The monoisotopic (exact) mass is 902 g/mol. The van der Waals surface area contributed by atoms with Crippen LogP contribution in [0, 0.1) is 0 Å². The molecule has 65 heavy (non-hydrogen) atoms. The second-order valence-electron chi connectivity index (χ2n) is 12.3. The minimum absolute atomic E-state index is 0.0735. The lowest BCUT2D eigenvalue weighted by molar-refractivity contribution is 0.0949. The van der Waals surface area contributed by atoms with Crippen LogP contribution in [0.3, 0.4) is 0 Å². The summed E-state index contributed by atoms with van der Waals surface area (Å²) in [4.78, 5) is 119. The number of carbonyl (C=O) groups is 11. The molecule has 4 rings (SSSR count). The van der Waals surface area contributed by atoms with E-state index in [4.69, 9.17) is 28.7 Å². The quantitative estimate of drug-likeness (QED) is 0.0552. The first-order valence-electron chi connectivity index (χ1n) is 18.9. The fraction of sp³-hybridized carbons (Fsp3) is 0.186. The van der Waals surface area contributed by atoms with Crippen molar-refractivity contribution in [2.24, 2.45) is 28.7 Å².